The van der Waals surface area contributed by atoms with Gasteiger partial charge in [0, 0.05) is 0 Å². The van der Waals surface area contributed by atoms with Crippen LogP contribution in [0.25, 0.3) is 0 Å². The molecule has 0 aromatic heterocycles. The van der Waals surface area contributed by atoms with Crippen molar-refractivity contribution in [1.29, 1.82) is 0 Å². The Morgan fingerprint density at radius 1 is 0.591 bits per heavy atom. The van der Waals surface area contributed by atoms with Crippen LogP contribution in [0.1, 0.15) is 13.8 Å². The summed E-state index contributed by atoms with van der Waals surface area (Å²) >= 11 is 0. The number of hydrogen-bond donors (Lipinski definition) is 0. The third kappa shape index (κ3) is 8.19. The van der Waals surface area contributed by atoms with E-state index in [0.717, 1.165) is 61.3 Å². The molecule has 0 aromatic rings. The van der Waals surface area contributed by atoms with Crippen LogP contribution < -0.4 is 24.8 Å². The maximum Gasteiger partial charge on any atom is 0.129 e. The van der Waals surface area contributed by atoms with E-state index in [4.69, 9.17) is 0 Å². The van der Waals surface area contributed by atoms with Crippen molar-refractivity contribution in [2.45, 2.75) is 13.8 Å². The van der Waals surface area contributed by atoms with E-state index in [1.165, 1.54) is 0 Å². The first-order valence-electron chi connectivity index (χ1n) is 7.71. The van der Waals surface area contributed by atoms with Crippen LogP contribution in [0.2, 0.25) is 0 Å². The molecule has 130 valence electrons. The zero-order valence-corrected chi connectivity index (χ0v) is 16.0. The van der Waals surface area contributed by atoms with Gasteiger partial charge in [-0.1, -0.05) is 26.3 Å². The Labute approximate surface area is 150 Å². The highest BCUT2D eigenvalue weighted by Gasteiger charge is 2.30. The van der Waals surface area contributed by atoms with Crippen molar-refractivity contribution in [3.05, 3.63) is 50.6 Å². The molecule has 4 heteroatoms. The van der Waals surface area contributed by atoms with E-state index < -0.39 is 0 Å². The molecular formula is C18H34Cl2N2. The highest BCUT2D eigenvalue weighted by molar-refractivity contribution is 4.76. The number of nitrogens with zero attached hydrogens (tertiary/aromatic N) is 2. The van der Waals surface area contributed by atoms with Gasteiger partial charge in [-0.15, -0.1) is 0 Å². The van der Waals surface area contributed by atoms with Gasteiger partial charge >= 0.3 is 0 Å². The molecule has 0 aliphatic heterocycles. The average molecular weight is 349 g/mol. The molecule has 0 bridgehead atoms. The monoisotopic (exact) mass is 348 g/mol. The predicted octanol–water partition coefficient (Wildman–Crippen LogP) is -2.59. The van der Waals surface area contributed by atoms with Gasteiger partial charge < -0.3 is 33.8 Å². The lowest BCUT2D eigenvalue weighted by Gasteiger charge is -2.41. The highest BCUT2D eigenvalue weighted by atomic mass is 35.5. The number of rotatable bonds is 13. The van der Waals surface area contributed by atoms with Crippen LogP contribution in [0.3, 0.4) is 0 Å². The Morgan fingerprint density at radius 3 is 1.14 bits per heavy atom. The van der Waals surface area contributed by atoms with Crippen LogP contribution in [0.15, 0.2) is 50.6 Å². The Kier molecular flexibility index (Phi) is 16.9. The van der Waals surface area contributed by atoms with Crippen LogP contribution in [-0.2, 0) is 0 Å². The fourth-order valence-electron chi connectivity index (χ4n) is 2.91. The van der Waals surface area contributed by atoms with E-state index >= 15 is 0 Å². The number of halogens is 2. The third-order valence-corrected chi connectivity index (χ3v) is 4.46. The summed E-state index contributed by atoms with van der Waals surface area (Å²) in [6, 6.07) is 0. The summed E-state index contributed by atoms with van der Waals surface area (Å²) in [4.78, 5) is 0. The Bertz CT molecular complexity index is 297. The predicted molar refractivity (Wildman–Crippen MR) is 91.6 cm³/mol. The Morgan fingerprint density at radius 2 is 0.864 bits per heavy atom. The van der Waals surface area contributed by atoms with E-state index in [1.54, 1.807) is 0 Å². The second-order valence-corrected chi connectivity index (χ2v) is 5.65. The van der Waals surface area contributed by atoms with E-state index in [0.29, 0.717) is 0 Å². The first-order valence-corrected chi connectivity index (χ1v) is 7.71. The number of hydrogen-bond acceptors (Lipinski definition) is 0. The minimum atomic E-state index is 0. The SMILES string of the molecule is C=CC[N+](CC)(CC)CC[N+](CC=C)(CC=C)CC=C.[Cl-].[Cl-]. The first kappa shape index (κ1) is 26.4. The molecule has 0 amide bonds. The van der Waals surface area contributed by atoms with Gasteiger partial charge in [0.1, 0.15) is 13.1 Å². The van der Waals surface area contributed by atoms with Crippen molar-refractivity contribution in [3.8, 4) is 0 Å². The fraction of sp³-hybridized carbons (Fsp3) is 0.556. The molecule has 22 heavy (non-hydrogen) atoms. The first-order chi connectivity index (χ1) is 9.57. The molecule has 0 heterocycles. The summed E-state index contributed by atoms with van der Waals surface area (Å²) < 4.78 is 2.09. The molecule has 0 saturated carbocycles. The average Bonchev–Trinajstić information content (AvgIpc) is 2.44. The standard InChI is InChI=1S/C18H34N2.2ClH/c1-7-13-19(11-5,12-6)17-18-20(14-8-2,15-9-3)16-10-4;;/h7-10H,1-4,11-18H2,5-6H3;2*1H/q+2;;/p-2. The summed E-state index contributed by atoms with van der Waals surface area (Å²) in [6.07, 6.45) is 8.11. The lowest BCUT2D eigenvalue weighted by molar-refractivity contribution is -0.969. The van der Waals surface area contributed by atoms with Gasteiger partial charge in [0.05, 0.1) is 39.3 Å². The molecule has 0 aliphatic rings. The van der Waals surface area contributed by atoms with Crippen molar-refractivity contribution < 1.29 is 33.8 Å². The van der Waals surface area contributed by atoms with E-state index in [-0.39, 0.29) is 24.8 Å². The van der Waals surface area contributed by atoms with Gasteiger partial charge in [0.25, 0.3) is 0 Å². The largest absolute Gasteiger partial charge is 1.00 e. The van der Waals surface area contributed by atoms with Gasteiger partial charge in [-0.25, -0.2) is 0 Å². The number of likely N-dealkylation sites (N-methyl/N-ethyl adjacent to an activating group) is 1. The van der Waals surface area contributed by atoms with Crippen molar-refractivity contribution in [2.75, 3.05) is 52.4 Å². The molecule has 0 saturated heterocycles. The topological polar surface area (TPSA) is 0 Å². The van der Waals surface area contributed by atoms with Crippen LogP contribution >= 0.6 is 0 Å². The second kappa shape index (κ2) is 14.1. The maximum atomic E-state index is 3.93. The van der Waals surface area contributed by atoms with Crippen LogP contribution in [0.4, 0.5) is 0 Å². The molecule has 0 aromatic carbocycles. The van der Waals surface area contributed by atoms with Crippen LogP contribution in [-0.4, -0.2) is 61.3 Å². The normalized spacial score (nSPS) is 10.8. The molecule has 0 atom stereocenters. The van der Waals surface area contributed by atoms with E-state index in [9.17, 15) is 0 Å². The van der Waals surface area contributed by atoms with Gasteiger partial charge in [-0.3, -0.25) is 0 Å². The van der Waals surface area contributed by atoms with Crippen LogP contribution in [0, 0.1) is 0 Å². The smallest absolute Gasteiger partial charge is 0.129 e. The molecule has 0 rings (SSSR count). The zero-order chi connectivity index (χ0) is 15.5. The van der Waals surface area contributed by atoms with Crippen molar-refractivity contribution in [2.24, 2.45) is 0 Å². The summed E-state index contributed by atoms with van der Waals surface area (Å²) in [5.74, 6) is 0. The summed E-state index contributed by atoms with van der Waals surface area (Å²) in [7, 11) is 0. The zero-order valence-electron chi connectivity index (χ0n) is 14.4. The van der Waals surface area contributed by atoms with Crippen molar-refractivity contribution in [1.82, 2.24) is 0 Å². The second-order valence-electron chi connectivity index (χ2n) is 5.65. The minimum Gasteiger partial charge on any atom is -1.00 e. The van der Waals surface area contributed by atoms with E-state index in [1.807, 2.05) is 18.2 Å². The van der Waals surface area contributed by atoms with Gasteiger partial charge in [0.2, 0.25) is 0 Å². The van der Waals surface area contributed by atoms with Gasteiger partial charge in [-0.2, -0.15) is 0 Å². The Balaban J connectivity index is -0.00000180. The highest BCUT2D eigenvalue weighted by Crippen LogP contribution is 2.13. The lowest BCUT2D eigenvalue weighted by atomic mass is 10.2. The van der Waals surface area contributed by atoms with Crippen molar-refractivity contribution >= 4 is 0 Å². The third-order valence-electron chi connectivity index (χ3n) is 4.46. The van der Waals surface area contributed by atoms with Gasteiger partial charge in [0.15, 0.2) is 0 Å². The minimum absolute atomic E-state index is 0. The molecule has 2 nitrogen and oxygen atoms in total. The maximum absolute atomic E-state index is 3.93. The molecule has 0 aliphatic carbocycles. The summed E-state index contributed by atoms with van der Waals surface area (Å²) in [6.45, 7) is 28.8. The molecular weight excluding hydrogens is 315 g/mol. The lowest BCUT2D eigenvalue weighted by Crippen LogP contribution is -3.00. The molecule has 0 spiro atoms. The quantitative estimate of drug-likeness (QED) is 0.253. The van der Waals surface area contributed by atoms with Crippen molar-refractivity contribution in [3.63, 3.8) is 0 Å². The molecule has 0 unspecified atom stereocenters. The van der Waals surface area contributed by atoms with Gasteiger partial charge in [-0.05, 0) is 38.2 Å². The fourth-order valence-corrected chi connectivity index (χ4v) is 2.91. The number of quaternary nitrogens is 2. The molecule has 0 N–H and O–H groups in total. The Hall–Kier alpha value is -0.540. The summed E-state index contributed by atoms with van der Waals surface area (Å²) in [5.41, 5.74) is 0. The van der Waals surface area contributed by atoms with Crippen LogP contribution in [0.5, 0.6) is 0 Å². The molecule has 0 fully saturated rings. The molecule has 0 radical (unpaired) electrons. The van der Waals surface area contributed by atoms with E-state index in [2.05, 4.69) is 46.2 Å². The summed E-state index contributed by atoms with van der Waals surface area (Å²) in [5, 5.41) is 0.